The number of fused-ring (bicyclic) bond motifs is 2. The summed E-state index contributed by atoms with van der Waals surface area (Å²) in [5.74, 6) is 0.389. The van der Waals surface area contributed by atoms with Crippen molar-refractivity contribution in [2.45, 2.75) is 25.5 Å². The van der Waals surface area contributed by atoms with Crippen molar-refractivity contribution in [1.29, 1.82) is 0 Å². The largest absolute Gasteiger partial charge is 0.373 e. The monoisotopic (exact) mass is 420 g/mol. The first-order valence-corrected chi connectivity index (χ1v) is 10.9. The lowest BCUT2D eigenvalue weighted by atomic mass is 10.1. The van der Waals surface area contributed by atoms with E-state index in [9.17, 15) is 4.39 Å². The van der Waals surface area contributed by atoms with Gasteiger partial charge in [0.25, 0.3) is 0 Å². The van der Waals surface area contributed by atoms with E-state index in [-0.39, 0.29) is 11.9 Å². The van der Waals surface area contributed by atoms with Gasteiger partial charge in [-0.1, -0.05) is 0 Å². The van der Waals surface area contributed by atoms with Gasteiger partial charge in [0.2, 0.25) is 0 Å². The Labute approximate surface area is 179 Å². The molecule has 2 atom stereocenters. The molecule has 0 spiro atoms. The molecule has 2 aromatic heterocycles. The van der Waals surface area contributed by atoms with Crippen LogP contribution < -0.4 is 4.90 Å². The lowest BCUT2D eigenvalue weighted by Crippen LogP contribution is -2.53. The third-order valence-electron chi connectivity index (χ3n) is 6.46. The zero-order chi connectivity index (χ0) is 20.9. The highest BCUT2D eigenvalue weighted by Crippen LogP contribution is 2.30. The summed E-state index contributed by atoms with van der Waals surface area (Å²) in [4.78, 5) is 13.0. The second-order valence-corrected chi connectivity index (χ2v) is 8.66. The van der Waals surface area contributed by atoms with Crippen molar-refractivity contribution in [3.63, 3.8) is 0 Å². The highest BCUT2D eigenvalue weighted by atomic mass is 19.1. The molecule has 2 saturated heterocycles. The van der Waals surface area contributed by atoms with Crippen LogP contribution in [0.2, 0.25) is 0 Å². The Hall–Kier alpha value is -2.97. The van der Waals surface area contributed by atoms with Crippen molar-refractivity contribution < 1.29 is 9.13 Å². The van der Waals surface area contributed by atoms with E-state index in [2.05, 4.69) is 44.0 Å². The number of halogens is 1. The van der Waals surface area contributed by atoms with Crippen molar-refractivity contribution >= 4 is 27.6 Å². The number of imidazole rings is 1. The number of benzene rings is 2. The highest BCUT2D eigenvalue weighted by molar-refractivity contribution is 5.93. The van der Waals surface area contributed by atoms with Crippen molar-refractivity contribution in [2.24, 2.45) is 0 Å². The van der Waals surface area contributed by atoms with E-state index < -0.39 is 0 Å². The summed E-state index contributed by atoms with van der Waals surface area (Å²) in [5.41, 5.74) is 4.37. The molecule has 8 heteroatoms. The fourth-order valence-electron chi connectivity index (χ4n) is 4.60. The number of H-pyrrole nitrogens is 2. The van der Waals surface area contributed by atoms with Gasteiger partial charge in [-0.25, -0.2) is 9.37 Å². The molecule has 0 radical (unpaired) electrons. The Morgan fingerprint density at radius 1 is 1.16 bits per heavy atom. The molecule has 160 valence electrons. The maximum atomic E-state index is 13.5. The number of nitrogens with zero attached hydrogens (tertiary/aromatic N) is 4. The number of aromatic amines is 2. The molecular formula is C23H25FN6O. The summed E-state index contributed by atoms with van der Waals surface area (Å²) >= 11 is 0. The minimum absolute atomic E-state index is 0.236. The van der Waals surface area contributed by atoms with Crippen molar-refractivity contribution in [1.82, 2.24) is 25.1 Å². The van der Waals surface area contributed by atoms with Gasteiger partial charge in [-0.2, -0.15) is 5.10 Å². The quantitative estimate of drug-likeness (QED) is 0.528. The van der Waals surface area contributed by atoms with Crippen LogP contribution in [0.5, 0.6) is 0 Å². The number of hydrogen-bond acceptors (Lipinski definition) is 5. The molecule has 2 fully saturated rings. The third kappa shape index (κ3) is 3.36. The molecule has 31 heavy (non-hydrogen) atoms. The van der Waals surface area contributed by atoms with Gasteiger partial charge < -0.3 is 19.5 Å². The van der Waals surface area contributed by atoms with Gasteiger partial charge in [0.15, 0.2) is 5.82 Å². The number of hydrogen-bond donors (Lipinski definition) is 2. The summed E-state index contributed by atoms with van der Waals surface area (Å²) < 4.78 is 19.6. The number of ether oxygens (including phenoxy) is 1. The second kappa shape index (κ2) is 7.32. The van der Waals surface area contributed by atoms with Gasteiger partial charge in [0, 0.05) is 30.2 Å². The SMILES string of the molecule is CC1COC(CN2CCC2)CN1c1ccc2nc(-c3n[nH]c4cc(F)ccc34)[nH]c2c1. The number of anilines is 1. The van der Waals surface area contributed by atoms with Gasteiger partial charge in [-0.15, -0.1) is 0 Å². The minimum Gasteiger partial charge on any atom is -0.373 e. The van der Waals surface area contributed by atoms with E-state index in [1.54, 1.807) is 6.07 Å². The molecule has 4 heterocycles. The Kier molecular flexibility index (Phi) is 4.43. The first-order chi connectivity index (χ1) is 15.1. The minimum atomic E-state index is -0.288. The number of aromatic nitrogens is 4. The average Bonchev–Trinajstić information content (AvgIpc) is 3.34. The molecule has 7 nitrogen and oxygen atoms in total. The molecule has 2 aliphatic heterocycles. The average molecular weight is 420 g/mol. The fourth-order valence-corrected chi connectivity index (χ4v) is 4.60. The summed E-state index contributed by atoms with van der Waals surface area (Å²) in [6, 6.07) is 11.3. The van der Waals surface area contributed by atoms with Gasteiger partial charge >= 0.3 is 0 Å². The molecular weight excluding hydrogens is 395 g/mol. The highest BCUT2D eigenvalue weighted by Gasteiger charge is 2.29. The summed E-state index contributed by atoms with van der Waals surface area (Å²) in [6.07, 6.45) is 1.53. The van der Waals surface area contributed by atoms with Crippen molar-refractivity contribution in [3.05, 3.63) is 42.2 Å². The van der Waals surface area contributed by atoms with Crippen molar-refractivity contribution in [3.8, 4) is 11.5 Å². The van der Waals surface area contributed by atoms with Gasteiger partial charge in [0.1, 0.15) is 11.5 Å². The zero-order valence-electron chi connectivity index (χ0n) is 17.4. The maximum Gasteiger partial charge on any atom is 0.159 e. The van der Waals surface area contributed by atoms with Crippen molar-refractivity contribution in [2.75, 3.05) is 37.7 Å². The predicted octanol–water partition coefficient (Wildman–Crippen LogP) is 3.54. The first-order valence-electron chi connectivity index (χ1n) is 10.9. The van der Waals surface area contributed by atoms with Gasteiger partial charge in [0.05, 0.1) is 29.3 Å². The van der Waals surface area contributed by atoms with E-state index in [1.165, 1.54) is 37.3 Å². The number of morpholine rings is 1. The summed E-state index contributed by atoms with van der Waals surface area (Å²) in [5, 5.41) is 8.10. The van der Waals surface area contributed by atoms with Gasteiger partial charge in [-0.05, 0) is 62.8 Å². The van der Waals surface area contributed by atoms with E-state index >= 15 is 0 Å². The normalized spacial score (nSPS) is 22.3. The van der Waals surface area contributed by atoms with E-state index in [0.717, 1.165) is 36.1 Å². The molecule has 0 aliphatic carbocycles. The third-order valence-corrected chi connectivity index (χ3v) is 6.46. The number of nitrogens with one attached hydrogen (secondary N) is 2. The number of rotatable bonds is 4. The molecule has 2 N–H and O–H groups in total. The van der Waals surface area contributed by atoms with Crippen LogP contribution in [0, 0.1) is 5.82 Å². The molecule has 0 bridgehead atoms. The molecule has 0 amide bonds. The standard InChI is InChI=1S/C23H25FN6O/c1-14-13-31-17(11-29-7-2-8-29)12-30(14)16-4-6-19-21(10-16)26-23(25-19)22-18-5-3-15(24)9-20(18)27-28-22/h3-6,9-10,14,17H,2,7-8,11-13H2,1H3,(H,25,26)(H,27,28). The Bertz CT molecular complexity index is 1250. The van der Waals surface area contributed by atoms with Crippen LogP contribution in [0.25, 0.3) is 33.5 Å². The van der Waals surface area contributed by atoms with Crippen LogP contribution in [0.1, 0.15) is 13.3 Å². The summed E-state index contributed by atoms with van der Waals surface area (Å²) in [7, 11) is 0. The molecule has 2 aromatic carbocycles. The molecule has 2 aliphatic rings. The van der Waals surface area contributed by atoms with E-state index in [0.29, 0.717) is 23.1 Å². The first kappa shape index (κ1) is 18.8. The maximum absolute atomic E-state index is 13.5. The van der Waals surface area contributed by atoms with E-state index in [4.69, 9.17) is 9.72 Å². The Morgan fingerprint density at radius 2 is 2.06 bits per heavy atom. The van der Waals surface area contributed by atoms with Crippen LogP contribution in [0.3, 0.4) is 0 Å². The van der Waals surface area contributed by atoms with Crippen LogP contribution >= 0.6 is 0 Å². The number of likely N-dealkylation sites (tertiary alicyclic amines) is 1. The zero-order valence-corrected chi connectivity index (χ0v) is 17.4. The Balaban J connectivity index is 1.30. The van der Waals surface area contributed by atoms with Crippen LogP contribution in [-0.4, -0.2) is 70.0 Å². The van der Waals surface area contributed by atoms with Crippen LogP contribution in [0.4, 0.5) is 10.1 Å². The Morgan fingerprint density at radius 3 is 2.90 bits per heavy atom. The smallest absolute Gasteiger partial charge is 0.159 e. The lowest BCUT2D eigenvalue weighted by Gasteiger charge is -2.42. The lowest BCUT2D eigenvalue weighted by molar-refractivity contribution is -0.0101. The van der Waals surface area contributed by atoms with Gasteiger partial charge in [-0.3, -0.25) is 5.10 Å². The topological polar surface area (TPSA) is 73.1 Å². The molecule has 4 aromatic rings. The van der Waals surface area contributed by atoms with E-state index in [1.807, 2.05) is 6.07 Å². The molecule has 2 unspecified atom stereocenters. The predicted molar refractivity (Wildman–Crippen MR) is 119 cm³/mol. The molecule has 0 saturated carbocycles. The molecule has 6 rings (SSSR count). The summed E-state index contributed by atoms with van der Waals surface area (Å²) in [6.45, 7) is 7.21. The fraction of sp³-hybridized carbons (Fsp3) is 0.391. The second-order valence-electron chi connectivity index (χ2n) is 8.66. The van der Waals surface area contributed by atoms with Crippen LogP contribution in [-0.2, 0) is 4.74 Å². The van der Waals surface area contributed by atoms with Crippen LogP contribution in [0.15, 0.2) is 36.4 Å².